The molecule has 4 heterocycles. The predicted octanol–water partition coefficient (Wildman–Crippen LogP) is 3.68. The molecule has 2 aromatic heterocycles. The quantitative estimate of drug-likeness (QED) is 0.546. The van der Waals surface area contributed by atoms with Gasteiger partial charge in [-0.3, -0.25) is 9.78 Å². The lowest BCUT2D eigenvalue weighted by Gasteiger charge is -2.41. The number of nitrogens with zero attached hydrogens (tertiary/aromatic N) is 2. The third kappa shape index (κ3) is 3.47. The van der Waals surface area contributed by atoms with Gasteiger partial charge in [-0.05, 0) is 31.9 Å². The topological polar surface area (TPSA) is 109 Å². The Balaban J connectivity index is 1.39. The fourth-order valence-electron chi connectivity index (χ4n) is 4.55. The highest BCUT2D eigenvalue weighted by Gasteiger charge is 2.47. The van der Waals surface area contributed by atoms with Gasteiger partial charge in [-0.25, -0.2) is 0 Å². The van der Waals surface area contributed by atoms with Crippen molar-refractivity contribution in [1.29, 1.82) is 0 Å². The molecule has 0 aliphatic carbocycles. The van der Waals surface area contributed by atoms with E-state index in [2.05, 4.69) is 19.9 Å². The Bertz CT molecular complexity index is 1190. The van der Waals surface area contributed by atoms with Crippen molar-refractivity contribution in [2.75, 3.05) is 24.6 Å². The van der Waals surface area contributed by atoms with Crippen molar-refractivity contribution in [2.24, 2.45) is 11.1 Å². The summed E-state index contributed by atoms with van der Waals surface area (Å²) in [6.45, 7) is 4.22. The normalized spacial score (nSPS) is 23.0. The van der Waals surface area contributed by atoms with Crippen LogP contribution in [-0.2, 0) is 4.74 Å². The maximum atomic E-state index is 12.9. The molecule has 5 rings (SSSR count). The van der Waals surface area contributed by atoms with E-state index in [0.717, 1.165) is 25.9 Å². The summed E-state index contributed by atoms with van der Waals surface area (Å²) in [6.07, 6.45) is 3.46. The molecule has 4 N–H and O–H groups in total. The molecule has 31 heavy (non-hydrogen) atoms. The SMILES string of the molecule is C[C@@H]1OCC2(CCN(c3nc4[nH]cc(Oc5cccc(Cl)c5Cl)c4c(=O)[nH]3)CC2)[C@@H]1N. The summed E-state index contributed by atoms with van der Waals surface area (Å²) in [7, 11) is 0. The van der Waals surface area contributed by atoms with Crippen LogP contribution in [0, 0.1) is 5.41 Å². The molecule has 10 heteroatoms. The van der Waals surface area contributed by atoms with Crippen molar-refractivity contribution in [2.45, 2.75) is 31.9 Å². The van der Waals surface area contributed by atoms with Crippen LogP contribution in [0.3, 0.4) is 0 Å². The highest BCUT2D eigenvalue weighted by molar-refractivity contribution is 6.42. The monoisotopic (exact) mass is 463 g/mol. The number of aromatic amines is 2. The Morgan fingerprint density at radius 1 is 1.29 bits per heavy atom. The number of hydrogen-bond donors (Lipinski definition) is 3. The lowest BCUT2D eigenvalue weighted by molar-refractivity contribution is 0.0973. The van der Waals surface area contributed by atoms with Gasteiger partial charge in [0.05, 0.1) is 17.7 Å². The van der Waals surface area contributed by atoms with Crippen molar-refractivity contribution in [3.63, 3.8) is 0 Å². The molecule has 1 aromatic carbocycles. The van der Waals surface area contributed by atoms with Gasteiger partial charge in [0.2, 0.25) is 5.95 Å². The minimum atomic E-state index is -0.288. The first kappa shape index (κ1) is 20.6. The van der Waals surface area contributed by atoms with Gasteiger partial charge >= 0.3 is 0 Å². The molecule has 2 fully saturated rings. The number of fused-ring (bicyclic) bond motifs is 1. The van der Waals surface area contributed by atoms with Crippen LogP contribution >= 0.6 is 23.2 Å². The second kappa shape index (κ2) is 7.70. The van der Waals surface area contributed by atoms with Crippen molar-refractivity contribution in [1.82, 2.24) is 15.0 Å². The van der Waals surface area contributed by atoms with Crippen molar-refractivity contribution in [3.05, 3.63) is 44.8 Å². The zero-order chi connectivity index (χ0) is 21.8. The van der Waals surface area contributed by atoms with Gasteiger partial charge in [0.15, 0.2) is 11.4 Å². The first-order valence-corrected chi connectivity index (χ1v) is 11.0. The van der Waals surface area contributed by atoms with Gasteiger partial charge in [0.1, 0.15) is 16.2 Å². The largest absolute Gasteiger partial charge is 0.453 e. The maximum Gasteiger partial charge on any atom is 0.265 e. The Morgan fingerprint density at radius 2 is 2.06 bits per heavy atom. The van der Waals surface area contributed by atoms with Gasteiger partial charge in [-0.2, -0.15) is 4.98 Å². The number of halogens is 2. The fourth-order valence-corrected chi connectivity index (χ4v) is 4.88. The number of H-pyrrole nitrogens is 2. The third-order valence-electron chi connectivity index (χ3n) is 6.53. The molecule has 164 valence electrons. The summed E-state index contributed by atoms with van der Waals surface area (Å²) in [5.74, 6) is 1.23. The maximum absolute atomic E-state index is 12.9. The number of nitrogens with two attached hydrogens (primary N) is 1. The second-order valence-corrected chi connectivity index (χ2v) is 9.10. The molecule has 2 aliphatic heterocycles. The number of aromatic nitrogens is 3. The van der Waals surface area contributed by atoms with Crippen molar-refractivity contribution >= 4 is 40.2 Å². The Morgan fingerprint density at radius 3 is 2.77 bits per heavy atom. The Kier molecular flexibility index (Phi) is 5.13. The standard InChI is InChI=1S/C21H23Cl2N5O3/c1-11-17(24)21(10-30-11)5-7-28(8-6-21)20-26-18-15(19(29)27-20)14(9-25-18)31-13-4-2-3-12(22)16(13)23/h2-4,9,11,17H,5-8,10,24H2,1H3,(H2,25,26,27,29)/t11-,17+/m0/s1. The summed E-state index contributed by atoms with van der Waals surface area (Å²) < 4.78 is 11.6. The number of nitrogens with one attached hydrogen (secondary N) is 2. The molecule has 0 saturated carbocycles. The van der Waals surface area contributed by atoms with Crippen LogP contribution in [-0.4, -0.2) is 46.8 Å². The van der Waals surface area contributed by atoms with Gasteiger partial charge in [-0.1, -0.05) is 29.3 Å². The molecule has 0 amide bonds. The van der Waals surface area contributed by atoms with Gasteiger partial charge < -0.3 is 25.1 Å². The summed E-state index contributed by atoms with van der Waals surface area (Å²) >= 11 is 12.3. The zero-order valence-corrected chi connectivity index (χ0v) is 18.5. The molecule has 2 saturated heterocycles. The van der Waals surface area contributed by atoms with Crippen molar-refractivity contribution in [3.8, 4) is 11.5 Å². The number of piperidine rings is 1. The molecule has 2 atom stereocenters. The first-order chi connectivity index (χ1) is 14.9. The van der Waals surface area contributed by atoms with E-state index in [1.807, 2.05) is 6.92 Å². The number of anilines is 1. The van der Waals surface area contributed by atoms with Crippen molar-refractivity contribution < 1.29 is 9.47 Å². The molecule has 0 bridgehead atoms. The molecule has 0 unspecified atom stereocenters. The lowest BCUT2D eigenvalue weighted by Crippen LogP contribution is -2.51. The minimum absolute atomic E-state index is 0.00395. The van der Waals surface area contributed by atoms with E-state index >= 15 is 0 Å². The van der Waals surface area contributed by atoms with Crippen LogP contribution < -0.4 is 20.9 Å². The molecular formula is C21H23Cl2N5O3. The van der Waals surface area contributed by atoms with E-state index in [4.69, 9.17) is 38.4 Å². The van der Waals surface area contributed by atoms with E-state index in [1.54, 1.807) is 24.4 Å². The molecule has 2 aliphatic rings. The zero-order valence-electron chi connectivity index (χ0n) is 17.0. The summed E-state index contributed by atoms with van der Waals surface area (Å²) in [6, 6.07) is 5.11. The number of rotatable bonds is 3. The summed E-state index contributed by atoms with van der Waals surface area (Å²) in [4.78, 5) is 25.5. The van der Waals surface area contributed by atoms with Gasteiger partial charge in [0.25, 0.3) is 5.56 Å². The summed E-state index contributed by atoms with van der Waals surface area (Å²) in [5.41, 5.74) is 6.57. The van der Waals surface area contributed by atoms with Crippen LogP contribution in [0.2, 0.25) is 10.0 Å². The third-order valence-corrected chi connectivity index (χ3v) is 7.34. The number of hydrogen-bond acceptors (Lipinski definition) is 6. The van der Waals surface area contributed by atoms with Crippen LogP contribution in [0.15, 0.2) is 29.2 Å². The van der Waals surface area contributed by atoms with Crippen LogP contribution in [0.25, 0.3) is 11.0 Å². The van der Waals surface area contributed by atoms with Gasteiger partial charge in [-0.15, -0.1) is 0 Å². The van der Waals surface area contributed by atoms with Crippen LogP contribution in [0.4, 0.5) is 5.95 Å². The van der Waals surface area contributed by atoms with Crippen LogP contribution in [0.1, 0.15) is 19.8 Å². The average molecular weight is 464 g/mol. The molecule has 1 spiro atoms. The Labute approximate surface area is 188 Å². The van der Waals surface area contributed by atoms with E-state index in [-0.39, 0.29) is 28.1 Å². The highest BCUT2D eigenvalue weighted by Crippen LogP contribution is 2.42. The fraction of sp³-hybridized carbons (Fsp3) is 0.429. The molecule has 0 radical (unpaired) electrons. The molecule has 8 nitrogen and oxygen atoms in total. The van der Waals surface area contributed by atoms with E-state index in [0.29, 0.717) is 40.1 Å². The Hall–Kier alpha value is -2.26. The predicted molar refractivity (Wildman–Crippen MR) is 121 cm³/mol. The molecular weight excluding hydrogens is 441 g/mol. The highest BCUT2D eigenvalue weighted by atomic mass is 35.5. The lowest BCUT2D eigenvalue weighted by atomic mass is 9.73. The molecule has 3 aromatic rings. The van der Waals surface area contributed by atoms with E-state index in [9.17, 15) is 4.79 Å². The van der Waals surface area contributed by atoms with E-state index < -0.39 is 0 Å². The second-order valence-electron chi connectivity index (χ2n) is 8.31. The van der Waals surface area contributed by atoms with E-state index in [1.165, 1.54) is 0 Å². The minimum Gasteiger partial charge on any atom is -0.453 e. The number of benzene rings is 1. The first-order valence-electron chi connectivity index (χ1n) is 10.2. The average Bonchev–Trinajstić information content (AvgIpc) is 3.29. The van der Waals surface area contributed by atoms with Gasteiger partial charge in [0, 0.05) is 30.7 Å². The smallest absolute Gasteiger partial charge is 0.265 e. The van der Waals surface area contributed by atoms with Crippen LogP contribution in [0.5, 0.6) is 11.5 Å². The summed E-state index contributed by atoms with van der Waals surface area (Å²) in [5, 5.41) is 0.983. The number of ether oxygens (including phenoxy) is 2.